The zero-order valence-corrected chi connectivity index (χ0v) is 9.46. The van der Waals surface area contributed by atoms with Gasteiger partial charge in [-0.2, -0.15) is 0 Å². The molecular formula is C14H11NO3. The van der Waals surface area contributed by atoms with E-state index in [0.29, 0.717) is 16.8 Å². The van der Waals surface area contributed by atoms with Crippen molar-refractivity contribution in [3.63, 3.8) is 0 Å². The van der Waals surface area contributed by atoms with Crippen LogP contribution in [-0.4, -0.2) is 21.8 Å². The molecule has 90 valence electrons. The van der Waals surface area contributed by atoms with Crippen LogP contribution >= 0.6 is 0 Å². The molecule has 1 aromatic heterocycles. The van der Waals surface area contributed by atoms with Crippen molar-refractivity contribution in [2.24, 2.45) is 0 Å². The van der Waals surface area contributed by atoms with Crippen molar-refractivity contribution in [2.45, 2.75) is 0 Å². The van der Waals surface area contributed by atoms with Crippen molar-refractivity contribution in [3.8, 4) is 0 Å². The van der Waals surface area contributed by atoms with Gasteiger partial charge in [0.25, 0.3) is 0 Å². The predicted molar refractivity (Wildman–Crippen MR) is 67.3 cm³/mol. The van der Waals surface area contributed by atoms with E-state index < -0.39 is 5.97 Å². The highest BCUT2D eigenvalue weighted by molar-refractivity contribution is 6.09. The Kier molecular flexibility index (Phi) is 3.38. The molecule has 0 bridgehead atoms. The maximum absolute atomic E-state index is 12.0. The minimum atomic E-state index is -1.03. The van der Waals surface area contributed by atoms with E-state index in [9.17, 15) is 9.59 Å². The Morgan fingerprint density at radius 3 is 2.50 bits per heavy atom. The molecule has 2 aromatic rings. The van der Waals surface area contributed by atoms with Gasteiger partial charge in [0, 0.05) is 29.1 Å². The number of aliphatic carboxylic acids is 1. The van der Waals surface area contributed by atoms with Crippen molar-refractivity contribution in [3.05, 3.63) is 65.5 Å². The van der Waals surface area contributed by atoms with Crippen LogP contribution in [0.1, 0.15) is 21.6 Å². The zero-order valence-electron chi connectivity index (χ0n) is 9.46. The molecule has 2 N–H and O–H groups in total. The van der Waals surface area contributed by atoms with Gasteiger partial charge in [-0.1, -0.05) is 30.3 Å². The van der Waals surface area contributed by atoms with E-state index in [1.807, 2.05) is 6.07 Å². The SMILES string of the molecule is O=C(O)/C=C/c1cc(C(=O)c2ccccc2)c[nH]1. The van der Waals surface area contributed by atoms with Crippen molar-refractivity contribution >= 4 is 17.8 Å². The van der Waals surface area contributed by atoms with Crippen LogP contribution in [0.3, 0.4) is 0 Å². The van der Waals surface area contributed by atoms with Gasteiger partial charge in [0.15, 0.2) is 5.78 Å². The monoisotopic (exact) mass is 241 g/mol. The molecule has 0 aliphatic heterocycles. The normalized spacial score (nSPS) is 10.7. The maximum Gasteiger partial charge on any atom is 0.328 e. The summed E-state index contributed by atoms with van der Waals surface area (Å²) < 4.78 is 0. The first-order valence-corrected chi connectivity index (χ1v) is 5.36. The fraction of sp³-hybridized carbons (Fsp3) is 0. The number of hydrogen-bond acceptors (Lipinski definition) is 2. The van der Waals surface area contributed by atoms with Crippen LogP contribution in [0.25, 0.3) is 6.08 Å². The first-order valence-electron chi connectivity index (χ1n) is 5.36. The Balaban J connectivity index is 2.20. The molecule has 0 fully saturated rings. The summed E-state index contributed by atoms with van der Waals surface area (Å²) in [5.41, 5.74) is 1.69. The van der Waals surface area contributed by atoms with Gasteiger partial charge < -0.3 is 10.1 Å². The van der Waals surface area contributed by atoms with Crippen LogP contribution < -0.4 is 0 Å². The number of ketones is 1. The van der Waals surface area contributed by atoms with E-state index in [0.717, 1.165) is 6.08 Å². The summed E-state index contributed by atoms with van der Waals surface area (Å²) in [5.74, 6) is -1.12. The number of rotatable bonds is 4. The van der Waals surface area contributed by atoms with Crippen molar-refractivity contribution < 1.29 is 14.7 Å². The van der Waals surface area contributed by atoms with Crippen LogP contribution in [0.4, 0.5) is 0 Å². The largest absolute Gasteiger partial charge is 0.478 e. The van der Waals surface area contributed by atoms with Crippen LogP contribution in [-0.2, 0) is 4.79 Å². The lowest BCUT2D eigenvalue weighted by molar-refractivity contribution is -0.131. The van der Waals surface area contributed by atoms with Gasteiger partial charge in [0.2, 0.25) is 0 Å². The number of carboxylic acids is 1. The van der Waals surface area contributed by atoms with Gasteiger partial charge in [-0.05, 0) is 12.1 Å². The summed E-state index contributed by atoms with van der Waals surface area (Å²) in [4.78, 5) is 25.2. The number of aromatic amines is 1. The summed E-state index contributed by atoms with van der Waals surface area (Å²) in [5, 5.41) is 8.50. The Bertz CT molecular complexity index is 597. The summed E-state index contributed by atoms with van der Waals surface area (Å²) >= 11 is 0. The number of carbonyl (C=O) groups excluding carboxylic acids is 1. The molecule has 0 saturated heterocycles. The molecule has 1 aromatic carbocycles. The Morgan fingerprint density at radius 2 is 1.83 bits per heavy atom. The molecule has 0 spiro atoms. The van der Waals surface area contributed by atoms with Gasteiger partial charge in [0.05, 0.1) is 0 Å². The fourth-order valence-electron chi connectivity index (χ4n) is 1.56. The van der Waals surface area contributed by atoms with E-state index in [-0.39, 0.29) is 5.78 Å². The van der Waals surface area contributed by atoms with Crippen molar-refractivity contribution in [2.75, 3.05) is 0 Å². The third-order valence-corrected chi connectivity index (χ3v) is 2.41. The number of nitrogens with one attached hydrogen (secondary N) is 1. The molecule has 4 nitrogen and oxygen atoms in total. The molecular weight excluding hydrogens is 230 g/mol. The first-order chi connectivity index (χ1) is 8.66. The van der Waals surface area contributed by atoms with Crippen LogP contribution in [0.2, 0.25) is 0 Å². The average Bonchev–Trinajstić information content (AvgIpc) is 2.85. The Morgan fingerprint density at radius 1 is 1.11 bits per heavy atom. The molecule has 0 saturated carbocycles. The van der Waals surface area contributed by atoms with Crippen molar-refractivity contribution in [1.82, 2.24) is 4.98 Å². The van der Waals surface area contributed by atoms with E-state index in [1.165, 1.54) is 6.08 Å². The summed E-state index contributed by atoms with van der Waals surface area (Å²) in [6, 6.07) is 10.5. The number of hydrogen-bond donors (Lipinski definition) is 2. The topological polar surface area (TPSA) is 70.2 Å². The smallest absolute Gasteiger partial charge is 0.328 e. The summed E-state index contributed by atoms with van der Waals surface area (Å²) in [7, 11) is 0. The third kappa shape index (κ3) is 2.74. The first kappa shape index (κ1) is 11.9. The average molecular weight is 241 g/mol. The van der Waals surface area contributed by atoms with Gasteiger partial charge in [-0.25, -0.2) is 4.79 Å². The lowest BCUT2D eigenvalue weighted by Gasteiger charge is -1.96. The molecule has 0 aliphatic carbocycles. The van der Waals surface area contributed by atoms with Gasteiger partial charge >= 0.3 is 5.97 Å². The molecule has 18 heavy (non-hydrogen) atoms. The Hall–Kier alpha value is -2.62. The molecule has 2 rings (SSSR count). The second-order valence-corrected chi connectivity index (χ2v) is 3.71. The van der Waals surface area contributed by atoms with E-state index in [2.05, 4.69) is 4.98 Å². The van der Waals surface area contributed by atoms with E-state index in [1.54, 1.807) is 36.5 Å². The highest BCUT2D eigenvalue weighted by atomic mass is 16.4. The van der Waals surface area contributed by atoms with E-state index in [4.69, 9.17) is 5.11 Å². The van der Waals surface area contributed by atoms with Crippen LogP contribution in [0.5, 0.6) is 0 Å². The molecule has 4 heteroatoms. The third-order valence-electron chi connectivity index (χ3n) is 2.41. The van der Waals surface area contributed by atoms with E-state index >= 15 is 0 Å². The lowest BCUT2D eigenvalue weighted by atomic mass is 10.1. The standard InChI is InChI=1S/C14H11NO3/c16-13(17)7-6-12-8-11(9-15-12)14(18)10-4-2-1-3-5-10/h1-9,15H,(H,16,17)/b7-6+. The maximum atomic E-state index is 12.0. The minimum Gasteiger partial charge on any atom is -0.478 e. The Labute approximate surface area is 104 Å². The second-order valence-electron chi connectivity index (χ2n) is 3.71. The summed E-state index contributed by atoms with van der Waals surface area (Å²) in [6.45, 7) is 0. The highest BCUT2D eigenvalue weighted by Crippen LogP contribution is 2.11. The lowest BCUT2D eigenvalue weighted by Crippen LogP contribution is -1.98. The van der Waals surface area contributed by atoms with Gasteiger partial charge in [0.1, 0.15) is 0 Å². The number of benzene rings is 1. The zero-order chi connectivity index (χ0) is 13.0. The molecule has 0 aliphatic rings. The number of carbonyl (C=O) groups is 2. The number of carboxylic acid groups (broad SMARTS) is 1. The summed E-state index contributed by atoms with van der Waals surface area (Å²) in [6.07, 6.45) is 3.99. The highest BCUT2D eigenvalue weighted by Gasteiger charge is 2.09. The molecule has 0 radical (unpaired) electrons. The number of H-pyrrole nitrogens is 1. The quantitative estimate of drug-likeness (QED) is 0.637. The second kappa shape index (κ2) is 5.14. The minimum absolute atomic E-state index is 0.0955. The number of aromatic nitrogens is 1. The van der Waals surface area contributed by atoms with Crippen molar-refractivity contribution in [1.29, 1.82) is 0 Å². The van der Waals surface area contributed by atoms with Crippen LogP contribution in [0, 0.1) is 0 Å². The van der Waals surface area contributed by atoms with Crippen LogP contribution in [0.15, 0.2) is 48.7 Å². The van der Waals surface area contributed by atoms with Gasteiger partial charge in [-0.3, -0.25) is 4.79 Å². The predicted octanol–water partition coefficient (Wildman–Crippen LogP) is 2.34. The molecule has 0 atom stereocenters. The van der Waals surface area contributed by atoms with Gasteiger partial charge in [-0.15, -0.1) is 0 Å². The molecule has 1 heterocycles. The molecule has 0 unspecified atom stereocenters. The fourth-order valence-corrected chi connectivity index (χ4v) is 1.56. The molecule has 0 amide bonds.